The number of nitrogen functional groups attached to an aromatic ring is 1. The largest absolute Gasteiger partial charge is 0.383 e. The van der Waals surface area contributed by atoms with Gasteiger partial charge in [0.2, 0.25) is 0 Å². The maximum Gasteiger partial charge on any atom is 0.252 e. The van der Waals surface area contributed by atoms with Crippen molar-refractivity contribution in [3.05, 3.63) is 29.7 Å². The molecular formula is C9H11N5. The summed E-state index contributed by atoms with van der Waals surface area (Å²) >= 11 is 0. The van der Waals surface area contributed by atoms with E-state index in [9.17, 15) is 0 Å². The van der Waals surface area contributed by atoms with E-state index in [1.165, 1.54) is 0 Å². The number of aromatic nitrogens is 4. The van der Waals surface area contributed by atoms with Gasteiger partial charge in [-0.2, -0.15) is 10.1 Å². The van der Waals surface area contributed by atoms with Crippen molar-refractivity contribution < 1.29 is 0 Å². The fourth-order valence-electron chi connectivity index (χ4n) is 1.13. The van der Waals surface area contributed by atoms with Crippen molar-refractivity contribution in [1.82, 2.24) is 19.7 Å². The van der Waals surface area contributed by atoms with Gasteiger partial charge in [-0.05, 0) is 19.9 Å². The number of aryl methyl sites for hydroxylation is 1. The Balaban J connectivity index is 2.57. The van der Waals surface area contributed by atoms with Crippen LogP contribution in [0.5, 0.6) is 0 Å². The standard InChI is InChI=1S/C9H11N5/c1-6-7(2)12-9(13-8(6)10)14-5-3-4-11-14/h3-5H,1-2H3,(H2,10,12,13). The van der Waals surface area contributed by atoms with Crippen molar-refractivity contribution in [3.63, 3.8) is 0 Å². The van der Waals surface area contributed by atoms with E-state index in [2.05, 4.69) is 15.1 Å². The first-order chi connectivity index (χ1) is 6.68. The maximum absolute atomic E-state index is 5.74. The summed E-state index contributed by atoms with van der Waals surface area (Å²) in [4.78, 5) is 8.43. The minimum absolute atomic E-state index is 0.503. The molecule has 2 N–H and O–H groups in total. The second-order valence-electron chi connectivity index (χ2n) is 3.07. The van der Waals surface area contributed by atoms with Gasteiger partial charge in [0.1, 0.15) is 5.82 Å². The van der Waals surface area contributed by atoms with E-state index in [0.717, 1.165) is 11.3 Å². The van der Waals surface area contributed by atoms with E-state index < -0.39 is 0 Å². The number of nitrogens with two attached hydrogens (primary N) is 1. The van der Waals surface area contributed by atoms with Gasteiger partial charge < -0.3 is 5.73 Å². The molecule has 2 rings (SSSR count). The summed E-state index contributed by atoms with van der Waals surface area (Å²) in [6.45, 7) is 3.80. The van der Waals surface area contributed by atoms with Crippen molar-refractivity contribution in [1.29, 1.82) is 0 Å². The van der Waals surface area contributed by atoms with Gasteiger partial charge in [-0.25, -0.2) is 9.67 Å². The van der Waals surface area contributed by atoms with Crippen molar-refractivity contribution in [2.24, 2.45) is 0 Å². The quantitative estimate of drug-likeness (QED) is 0.722. The van der Waals surface area contributed by atoms with Gasteiger partial charge in [0.05, 0.1) is 0 Å². The van der Waals surface area contributed by atoms with E-state index in [0.29, 0.717) is 11.8 Å². The molecule has 2 heterocycles. The lowest BCUT2D eigenvalue weighted by Crippen LogP contribution is -2.07. The molecule has 0 bridgehead atoms. The Bertz CT molecular complexity index is 423. The lowest BCUT2D eigenvalue weighted by Gasteiger charge is -2.05. The van der Waals surface area contributed by atoms with Crippen LogP contribution in [0.25, 0.3) is 5.95 Å². The Labute approximate surface area is 81.6 Å². The highest BCUT2D eigenvalue weighted by Crippen LogP contribution is 2.12. The highest BCUT2D eigenvalue weighted by molar-refractivity contribution is 5.42. The highest BCUT2D eigenvalue weighted by Gasteiger charge is 2.06. The van der Waals surface area contributed by atoms with Gasteiger partial charge in [-0.1, -0.05) is 0 Å². The summed E-state index contributed by atoms with van der Waals surface area (Å²) in [5.41, 5.74) is 7.53. The molecule has 72 valence electrons. The Hall–Kier alpha value is -1.91. The molecule has 0 aliphatic carbocycles. The van der Waals surface area contributed by atoms with Crippen LogP contribution in [-0.4, -0.2) is 19.7 Å². The molecular weight excluding hydrogens is 178 g/mol. The summed E-state index contributed by atoms with van der Waals surface area (Å²) in [5.74, 6) is 1.01. The molecule has 0 radical (unpaired) electrons. The van der Waals surface area contributed by atoms with Crippen molar-refractivity contribution in [3.8, 4) is 5.95 Å². The molecule has 0 aromatic carbocycles. The van der Waals surface area contributed by atoms with Crippen LogP contribution in [0.2, 0.25) is 0 Å². The molecule has 14 heavy (non-hydrogen) atoms. The Morgan fingerprint density at radius 3 is 2.64 bits per heavy atom. The van der Waals surface area contributed by atoms with Gasteiger partial charge >= 0.3 is 0 Å². The van der Waals surface area contributed by atoms with Crippen LogP contribution in [0.4, 0.5) is 5.82 Å². The van der Waals surface area contributed by atoms with E-state index in [1.807, 2.05) is 19.9 Å². The Morgan fingerprint density at radius 1 is 1.29 bits per heavy atom. The van der Waals surface area contributed by atoms with Crippen LogP contribution in [-0.2, 0) is 0 Å². The van der Waals surface area contributed by atoms with Crippen LogP contribution in [0.3, 0.4) is 0 Å². The van der Waals surface area contributed by atoms with Crippen LogP contribution in [0, 0.1) is 13.8 Å². The molecule has 2 aromatic rings. The number of hydrogen-bond donors (Lipinski definition) is 1. The highest BCUT2D eigenvalue weighted by atomic mass is 15.3. The first kappa shape index (κ1) is 8.68. The van der Waals surface area contributed by atoms with Crippen molar-refractivity contribution in [2.45, 2.75) is 13.8 Å². The fraction of sp³-hybridized carbons (Fsp3) is 0.222. The van der Waals surface area contributed by atoms with Crippen molar-refractivity contribution in [2.75, 3.05) is 5.73 Å². The van der Waals surface area contributed by atoms with Gasteiger partial charge in [-0.3, -0.25) is 0 Å². The van der Waals surface area contributed by atoms with Gasteiger partial charge in [0, 0.05) is 23.7 Å². The van der Waals surface area contributed by atoms with Crippen LogP contribution in [0.1, 0.15) is 11.3 Å². The maximum atomic E-state index is 5.74. The molecule has 0 aliphatic rings. The third kappa shape index (κ3) is 1.32. The molecule has 0 saturated carbocycles. The third-order valence-corrected chi connectivity index (χ3v) is 2.12. The van der Waals surface area contributed by atoms with Crippen molar-refractivity contribution >= 4 is 5.82 Å². The van der Waals surface area contributed by atoms with E-state index >= 15 is 0 Å². The topological polar surface area (TPSA) is 69.6 Å². The second kappa shape index (κ2) is 3.10. The average Bonchev–Trinajstić information content (AvgIpc) is 2.66. The van der Waals surface area contributed by atoms with Crippen LogP contribution < -0.4 is 5.73 Å². The first-order valence-corrected chi connectivity index (χ1v) is 4.29. The number of hydrogen-bond acceptors (Lipinski definition) is 4. The summed E-state index contributed by atoms with van der Waals surface area (Å²) in [6.07, 6.45) is 3.46. The lowest BCUT2D eigenvalue weighted by molar-refractivity contribution is 0.800. The number of rotatable bonds is 1. The molecule has 0 amide bonds. The summed E-state index contributed by atoms with van der Waals surface area (Å²) < 4.78 is 1.59. The summed E-state index contributed by atoms with van der Waals surface area (Å²) in [7, 11) is 0. The fourth-order valence-corrected chi connectivity index (χ4v) is 1.13. The van der Waals surface area contributed by atoms with Crippen LogP contribution in [0.15, 0.2) is 18.5 Å². The zero-order valence-corrected chi connectivity index (χ0v) is 8.10. The molecule has 0 saturated heterocycles. The monoisotopic (exact) mass is 189 g/mol. The molecule has 2 aromatic heterocycles. The predicted molar refractivity (Wildman–Crippen MR) is 53.0 cm³/mol. The van der Waals surface area contributed by atoms with Crippen LogP contribution >= 0.6 is 0 Å². The molecule has 0 spiro atoms. The van der Waals surface area contributed by atoms with Gasteiger partial charge in [0.25, 0.3) is 5.95 Å². The molecule has 0 unspecified atom stereocenters. The minimum atomic E-state index is 0.503. The molecule has 0 aliphatic heterocycles. The summed E-state index contributed by atoms with van der Waals surface area (Å²) in [5, 5.41) is 4.03. The van der Waals surface area contributed by atoms with Gasteiger partial charge in [-0.15, -0.1) is 0 Å². The molecule has 0 atom stereocenters. The zero-order chi connectivity index (χ0) is 10.1. The SMILES string of the molecule is Cc1nc(-n2cccn2)nc(N)c1C. The second-order valence-corrected chi connectivity index (χ2v) is 3.07. The normalized spacial score (nSPS) is 10.4. The Morgan fingerprint density at radius 2 is 2.07 bits per heavy atom. The average molecular weight is 189 g/mol. The smallest absolute Gasteiger partial charge is 0.252 e. The van der Waals surface area contributed by atoms with Gasteiger partial charge in [0.15, 0.2) is 0 Å². The molecule has 5 heteroatoms. The molecule has 5 nitrogen and oxygen atoms in total. The number of nitrogens with zero attached hydrogens (tertiary/aromatic N) is 4. The van der Waals surface area contributed by atoms with E-state index in [-0.39, 0.29) is 0 Å². The summed E-state index contributed by atoms with van der Waals surface area (Å²) in [6, 6.07) is 1.81. The third-order valence-electron chi connectivity index (χ3n) is 2.12. The van der Waals surface area contributed by atoms with E-state index in [1.54, 1.807) is 17.1 Å². The Kier molecular flexibility index (Phi) is 1.92. The minimum Gasteiger partial charge on any atom is -0.383 e. The zero-order valence-electron chi connectivity index (χ0n) is 8.10. The molecule has 0 fully saturated rings. The van der Waals surface area contributed by atoms with E-state index in [4.69, 9.17) is 5.73 Å². The number of anilines is 1. The lowest BCUT2D eigenvalue weighted by atomic mass is 10.2. The predicted octanol–water partition coefficient (Wildman–Crippen LogP) is 0.861. The first-order valence-electron chi connectivity index (χ1n) is 4.29.